The zero-order chi connectivity index (χ0) is 16.2. The molecule has 2 aliphatic rings. The van der Waals surface area contributed by atoms with E-state index in [0.717, 1.165) is 28.0 Å². The molecule has 1 amide bonds. The zero-order valence-electron chi connectivity index (χ0n) is 13.3. The standard InChI is InChI=1S/C18H18N4O/c1-18(2,3)16(12-6-4-5-7-19-12)22-17(23)11-9-20-14-10(11)8-13-15(14)21-13/h4-9,16,20H,1-3H3,(H,22,23)/t16-/m0/s1. The average molecular weight is 306 g/mol. The maximum atomic E-state index is 12.8. The number of hydrogen-bond acceptors (Lipinski definition) is 3. The summed E-state index contributed by atoms with van der Waals surface area (Å²) in [6.45, 7) is 6.29. The monoisotopic (exact) mass is 306 g/mol. The maximum Gasteiger partial charge on any atom is 0.254 e. The third kappa shape index (κ3) is 2.29. The topological polar surface area (TPSA) is 70.7 Å². The first-order chi connectivity index (χ1) is 10.9. The van der Waals surface area contributed by atoms with Crippen LogP contribution in [0, 0.1) is 5.41 Å². The van der Waals surface area contributed by atoms with E-state index in [9.17, 15) is 4.79 Å². The smallest absolute Gasteiger partial charge is 0.254 e. The van der Waals surface area contributed by atoms with E-state index in [1.165, 1.54) is 0 Å². The SMILES string of the molecule is CC(C)(C)[C@@H](NC(=O)c1c[nH]c2c3nc-3cc12)c1ccccn1. The Balaban J connectivity index is 1.66. The van der Waals surface area contributed by atoms with Gasteiger partial charge in [-0.05, 0) is 23.6 Å². The third-order valence-corrected chi connectivity index (χ3v) is 4.23. The summed E-state index contributed by atoms with van der Waals surface area (Å²) >= 11 is 0. The van der Waals surface area contributed by atoms with Crippen molar-refractivity contribution >= 4 is 16.8 Å². The predicted octanol–water partition coefficient (Wildman–Crippen LogP) is 3.46. The second kappa shape index (κ2) is 4.65. The van der Waals surface area contributed by atoms with Gasteiger partial charge in [-0.15, -0.1) is 0 Å². The van der Waals surface area contributed by atoms with Gasteiger partial charge in [-0.2, -0.15) is 0 Å². The Bertz CT molecular complexity index is 906. The molecule has 5 nitrogen and oxygen atoms in total. The molecule has 3 heterocycles. The van der Waals surface area contributed by atoms with Crippen LogP contribution in [0.25, 0.3) is 22.3 Å². The van der Waals surface area contributed by atoms with Gasteiger partial charge in [0, 0.05) is 17.8 Å². The van der Waals surface area contributed by atoms with Crippen molar-refractivity contribution in [2.24, 2.45) is 5.41 Å². The number of nitrogens with zero attached hydrogens (tertiary/aromatic N) is 2. The van der Waals surface area contributed by atoms with Crippen LogP contribution in [-0.2, 0) is 0 Å². The lowest BCUT2D eigenvalue weighted by atomic mass is 9.84. The van der Waals surface area contributed by atoms with Crippen molar-refractivity contribution < 1.29 is 4.79 Å². The summed E-state index contributed by atoms with van der Waals surface area (Å²) in [6.07, 6.45) is 3.51. The number of rotatable bonds is 3. The van der Waals surface area contributed by atoms with Gasteiger partial charge in [-0.3, -0.25) is 9.78 Å². The fourth-order valence-electron chi connectivity index (χ4n) is 2.97. The molecule has 0 aromatic carbocycles. The van der Waals surface area contributed by atoms with Gasteiger partial charge in [-0.25, -0.2) is 4.98 Å². The highest BCUT2D eigenvalue weighted by Gasteiger charge is 2.31. The molecule has 1 atom stereocenters. The van der Waals surface area contributed by atoms with Gasteiger partial charge in [0.05, 0.1) is 28.5 Å². The first-order valence-corrected chi connectivity index (χ1v) is 7.69. The van der Waals surface area contributed by atoms with E-state index in [1.54, 1.807) is 12.4 Å². The minimum absolute atomic E-state index is 0.0909. The quantitative estimate of drug-likeness (QED) is 0.609. The number of nitrogens with one attached hydrogen (secondary N) is 2. The van der Waals surface area contributed by atoms with Crippen LogP contribution < -0.4 is 5.32 Å². The Hall–Kier alpha value is -2.69. The number of aromatic nitrogens is 3. The molecule has 1 aliphatic carbocycles. The fraction of sp³-hybridized carbons (Fsp3) is 0.278. The fourth-order valence-corrected chi connectivity index (χ4v) is 2.97. The summed E-state index contributed by atoms with van der Waals surface area (Å²) in [4.78, 5) is 24.6. The van der Waals surface area contributed by atoms with Crippen molar-refractivity contribution in [2.45, 2.75) is 26.8 Å². The van der Waals surface area contributed by atoms with Gasteiger partial charge in [0.15, 0.2) is 0 Å². The molecule has 0 fully saturated rings. The van der Waals surface area contributed by atoms with E-state index in [4.69, 9.17) is 0 Å². The number of hydrogen-bond donors (Lipinski definition) is 2. The summed E-state index contributed by atoms with van der Waals surface area (Å²) in [6, 6.07) is 7.57. The van der Waals surface area contributed by atoms with Crippen LogP contribution >= 0.6 is 0 Å². The van der Waals surface area contributed by atoms with Crippen molar-refractivity contribution in [2.75, 3.05) is 0 Å². The number of carbonyl (C=O) groups is 1. The summed E-state index contributed by atoms with van der Waals surface area (Å²) in [5.41, 5.74) is 4.30. The lowest BCUT2D eigenvalue weighted by Gasteiger charge is -2.31. The maximum absolute atomic E-state index is 12.8. The number of fused-ring (bicyclic) bond motifs is 3. The number of H-pyrrole nitrogens is 1. The third-order valence-electron chi connectivity index (χ3n) is 4.23. The molecule has 0 saturated carbocycles. The largest absolute Gasteiger partial charge is 0.359 e. The second-order valence-electron chi connectivity index (χ2n) is 7.01. The first kappa shape index (κ1) is 13.9. The zero-order valence-corrected chi connectivity index (χ0v) is 13.3. The van der Waals surface area contributed by atoms with Crippen molar-refractivity contribution in [3.05, 3.63) is 47.9 Å². The first-order valence-electron chi connectivity index (χ1n) is 7.69. The number of amides is 1. The normalized spacial score (nSPS) is 13.9. The van der Waals surface area contributed by atoms with E-state index in [-0.39, 0.29) is 17.4 Å². The highest BCUT2D eigenvalue weighted by atomic mass is 16.1. The Morgan fingerprint density at radius 2 is 2.13 bits per heavy atom. The molecule has 2 N–H and O–H groups in total. The van der Waals surface area contributed by atoms with Crippen molar-refractivity contribution in [3.63, 3.8) is 0 Å². The minimum Gasteiger partial charge on any atom is -0.359 e. The van der Waals surface area contributed by atoms with Gasteiger partial charge >= 0.3 is 0 Å². The molecule has 0 unspecified atom stereocenters. The lowest BCUT2D eigenvalue weighted by Crippen LogP contribution is -2.37. The van der Waals surface area contributed by atoms with Gasteiger partial charge < -0.3 is 10.3 Å². The molecule has 2 aromatic rings. The molecule has 4 rings (SSSR count). The number of pyridine rings is 2. The van der Waals surface area contributed by atoms with Gasteiger partial charge in [0.1, 0.15) is 5.69 Å². The van der Waals surface area contributed by atoms with E-state index >= 15 is 0 Å². The van der Waals surface area contributed by atoms with Crippen LogP contribution in [0.1, 0.15) is 42.9 Å². The van der Waals surface area contributed by atoms with E-state index in [0.29, 0.717) is 5.56 Å². The number of aromatic amines is 1. The Morgan fingerprint density at radius 3 is 2.83 bits per heavy atom. The molecule has 1 aliphatic heterocycles. The molecule has 116 valence electrons. The van der Waals surface area contributed by atoms with E-state index < -0.39 is 0 Å². The van der Waals surface area contributed by atoms with Crippen LogP contribution in [0.2, 0.25) is 0 Å². The average Bonchev–Trinajstić information content (AvgIpc) is 2.99. The molecule has 5 heteroatoms. The van der Waals surface area contributed by atoms with Crippen molar-refractivity contribution in [3.8, 4) is 11.4 Å². The van der Waals surface area contributed by atoms with E-state index in [2.05, 4.69) is 41.0 Å². The van der Waals surface area contributed by atoms with Crippen molar-refractivity contribution in [1.29, 1.82) is 0 Å². The summed E-state index contributed by atoms with van der Waals surface area (Å²) in [5, 5.41) is 4.09. The molecular weight excluding hydrogens is 288 g/mol. The molecule has 2 aromatic heterocycles. The highest BCUT2D eigenvalue weighted by molar-refractivity contribution is 6.13. The van der Waals surface area contributed by atoms with Gasteiger partial charge in [-0.1, -0.05) is 26.8 Å². The molecule has 0 bridgehead atoms. The Morgan fingerprint density at radius 1 is 1.30 bits per heavy atom. The highest BCUT2D eigenvalue weighted by Crippen LogP contribution is 2.39. The molecule has 0 radical (unpaired) electrons. The van der Waals surface area contributed by atoms with Gasteiger partial charge in [0.2, 0.25) is 0 Å². The summed E-state index contributed by atoms with van der Waals surface area (Å²) in [7, 11) is 0. The Labute approximate surface area is 134 Å². The van der Waals surface area contributed by atoms with Crippen molar-refractivity contribution in [1.82, 2.24) is 20.3 Å². The van der Waals surface area contributed by atoms with Crippen LogP contribution in [0.15, 0.2) is 36.7 Å². The minimum atomic E-state index is -0.164. The molecule has 23 heavy (non-hydrogen) atoms. The summed E-state index contributed by atoms with van der Waals surface area (Å²) < 4.78 is 0. The van der Waals surface area contributed by atoms with Crippen LogP contribution in [-0.4, -0.2) is 20.9 Å². The molecule has 0 spiro atoms. The number of carbonyl (C=O) groups excluding carboxylic acids is 1. The molecule has 0 saturated heterocycles. The summed E-state index contributed by atoms with van der Waals surface area (Å²) in [5.74, 6) is -0.0909. The van der Waals surface area contributed by atoms with Crippen LogP contribution in [0.4, 0.5) is 0 Å². The predicted molar refractivity (Wildman–Crippen MR) is 89.0 cm³/mol. The van der Waals surface area contributed by atoms with E-state index in [1.807, 2.05) is 24.3 Å². The van der Waals surface area contributed by atoms with Gasteiger partial charge in [0.25, 0.3) is 5.91 Å². The van der Waals surface area contributed by atoms with Crippen LogP contribution in [0.5, 0.6) is 0 Å². The second-order valence-corrected chi connectivity index (χ2v) is 7.01. The lowest BCUT2D eigenvalue weighted by molar-refractivity contribution is 0.0901. The molecular formula is C18H18N4O. The van der Waals surface area contributed by atoms with Crippen LogP contribution in [0.3, 0.4) is 0 Å². The Kier molecular flexibility index (Phi) is 2.82.